The topological polar surface area (TPSA) is 62.4 Å². The van der Waals surface area contributed by atoms with Gasteiger partial charge >= 0.3 is 0 Å². The summed E-state index contributed by atoms with van der Waals surface area (Å²) in [5, 5.41) is 9.69. The Morgan fingerprint density at radius 1 is 1.30 bits per heavy atom. The van der Waals surface area contributed by atoms with Crippen LogP contribution >= 0.6 is 15.9 Å². The Hall–Kier alpha value is -1.70. The van der Waals surface area contributed by atoms with E-state index in [-0.39, 0.29) is 30.0 Å². The highest BCUT2D eigenvalue weighted by molar-refractivity contribution is 9.10. The number of benzene rings is 1. The molecule has 2 aliphatic heterocycles. The number of carbonyl (C=O) groups excluding carboxylic acids is 1. The van der Waals surface area contributed by atoms with Crippen molar-refractivity contribution in [2.75, 3.05) is 25.0 Å². The molecule has 1 unspecified atom stereocenters. The number of rotatable bonds is 6. The van der Waals surface area contributed by atoms with Crippen molar-refractivity contribution in [1.82, 2.24) is 10.6 Å². The second kappa shape index (κ2) is 9.62. The average Bonchev–Trinajstić information content (AvgIpc) is 2.73. The van der Waals surface area contributed by atoms with E-state index in [4.69, 9.17) is 4.74 Å². The molecule has 162 valence electrons. The number of allylic oxidation sites excluding steroid dienone is 3. The van der Waals surface area contributed by atoms with Crippen LogP contribution in [0, 0.1) is 17.7 Å². The van der Waals surface area contributed by atoms with Gasteiger partial charge < -0.3 is 20.7 Å². The third kappa shape index (κ3) is 4.79. The Morgan fingerprint density at radius 2 is 2.17 bits per heavy atom. The molecule has 1 fully saturated rings. The fraction of sp³-hybridized carbons (Fsp3) is 0.522. The Balaban J connectivity index is 1.50. The lowest BCUT2D eigenvalue weighted by atomic mass is 9.73. The molecule has 0 bridgehead atoms. The van der Waals surface area contributed by atoms with Gasteiger partial charge in [-0.05, 0) is 31.4 Å². The smallest absolute Gasteiger partial charge is 0.216 e. The molecule has 1 amide bonds. The zero-order valence-corrected chi connectivity index (χ0v) is 18.8. The molecule has 0 saturated carbocycles. The summed E-state index contributed by atoms with van der Waals surface area (Å²) < 4.78 is 22.1. The number of hydrogen-bond acceptors (Lipinski definition) is 4. The molecule has 1 aliphatic carbocycles. The van der Waals surface area contributed by atoms with Gasteiger partial charge in [0.15, 0.2) is 0 Å². The Kier molecular flexibility index (Phi) is 6.91. The van der Waals surface area contributed by atoms with Gasteiger partial charge in [0.1, 0.15) is 5.82 Å². The number of amides is 1. The van der Waals surface area contributed by atoms with Crippen LogP contribution < -0.4 is 16.0 Å². The van der Waals surface area contributed by atoms with E-state index in [1.807, 2.05) is 6.07 Å². The molecule has 0 radical (unpaired) electrons. The van der Waals surface area contributed by atoms with Gasteiger partial charge in [-0.1, -0.05) is 40.2 Å². The maximum atomic E-state index is 14.9. The molecule has 3 aliphatic rings. The molecular weight excluding hydrogens is 449 g/mol. The van der Waals surface area contributed by atoms with Gasteiger partial charge in [-0.2, -0.15) is 0 Å². The minimum absolute atomic E-state index is 0.0230. The minimum atomic E-state index is -0.239. The Morgan fingerprint density at radius 3 is 2.93 bits per heavy atom. The van der Waals surface area contributed by atoms with E-state index in [2.05, 4.69) is 56.2 Å². The van der Waals surface area contributed by atoms with Crippen LogP contribution in [0.5, 0.6) is 0 Å². The molecule has 5 atom stereocenters. The van der Waals surface area contributed by atoms with Crippen molar-refractivity contribution >= 4 is 27.5 Å². The van der Waals surface area contributed by atoms with Crippen LogP contribution in [-0.4, -0.2) is 37.7 Å². The second-order valence-electron chi connectivity index (χ2n) is 8.34. The molecule has 2 heterocycles. The summed E-state index contributed by atoms with van der Waals surface area (Å²) in [5.74, 6) is 0.361. The first-order valence-corrected chi connectivity index (χ1v) is 11.5. The predicted molar refractivity (Wildman–Crippen MR) is 120 cm³/mol. The zero-order chi connectivity index (χ0) is 21.1. The fourth-order valence-electron chi connectivity index (χ4n) is 4.85. The largest absolute Gasteiger partial charge is 0.379 e. The maximum Gasteiger partial charge on any atom is 0.216 e. The first-order chi connectivity index (χ1) is 14.5. The van der Waals surface area contributed by atoms with Crippen molar-refractivity contribution in [3.63, 3.8) is 0 Å². The van der Waals surface area contributed by atoms with Crippen LogP contribution in [0.15, 0.2) is 40.9 Å². The first-order valence-electron chi connectivity index (χ1n) is 10.7. The van der Waals surface area contributed by atoms with Crippen molar-refractivity contribution in [1.29, 1.82) is 0 Å². The average molecular weight is 478 g/mol. The molecule has 7 heteroatoms. The highest BCUT2D eigenvalue weighted by Gasteiger charge is 2.44. The van der Waals surface area contributed by atoms with Gasteiger partial charge in [0.2, 0.25) is 5.91 Å². The third-order valence-electron chi connectivity index (χ3n) is 6.24. The monoisotopic (exact) mass is 477 g/mol. The molecule has 0 aromatic heterocycles. The van der Waals surface area contributed by atoms with Gasteiger partial charge in [-0.25, -0.2) is 4.39 Å². The third-order valence-corrected chi connectivity index (χ3v) is 6.69. The molecule has 3 N–H and O–H groups in total. The number of fused-ring (bicyclic) bond motifs is 3. The number of ether oxygens (including phenoxy) is 1. The predicted octanol–water partition coefficient (Wildman–Crippen LogP) is 4.08. The van der Waals surface area contributed by atoms with Crippen molar-refractivity contribution in [3.05, 3.63) is 52.3 Å². The second-order valence-corrected chi connectivity index (χ2v) is 9.26. The molecule has 1 saturated heterocycles. The van der Waals surface area contributed by atoms with Crippen LogP contribution in [0.1, 0.15) is 37.9 Å². The summed E-state index contributed by atoms with van der Waals surface area (Å²) >= 11 is 3.45. The molecule has 1 aromatic rings. The number of halogens is 2. The summed E-state index contributed by atoms with van der Waals surface area (Å²) in [6, 6.07) is 3.65. The van der Waals surface area contributed by atoms with E-state index < -0.39 is 0 Å². The minimum Gasteiger partial charge on any atom is -0.379 e. The molecule has 4 rings (SSSR count). The summed E-state index contributed by atoms with van der Waals surface area (Å²) in [4.78, 5) is 11.0. The van der Waals surface area contributed by atoms with Crippen LogP contribution in [-0.2, 0) is 9.53 Å². The van der Waals surface area contributed by atoms with Gasteiger partial charge in [0, 0.05) is 54.5 Å². The molecule has 1 aromatic carbocycles. The van der Waals surface area contributed by atoms with E-state index in [0.29, 0.717) is 30.6 Å². The maximum absolute atomic E-state index is 14.9. The number of nitrogens with one attached hydrogen (secondary N) is 3. The lowest BCUT2D eigenvalue weighted by molar-refractivity contribution is -0.118. The van der Waals surface area contributed by atoms with E-state index in [9.17, 15) is 9.18 Å². The van der Waals surface area contributed by atoms with Crippen LogP contribution in [0.25, 0.3) is 0 Å². The van der Waals surface area contributed by atoms with Gasteiger partial charge in [0.25, 0.3) is 0 Å². The van der Waals surface area contributed by atoms with E-state index >= 15 is 0 Å². The highest BCUT2D eigenvalue weighted by atomic mass is 79.9. The summed E-state index contributed by atoms with van der Waals surface area (Å²) in [6.07, 6.45) is 11.5. The van der Waals surface area contributed by atoms with Gasteiger partial charge in [0.05, 0.1) is 17.9 Å². The molecule has 30 heavy (non-hydrogen) atoms. The van der Waals surface area contributed by atoms with Crippen molar-refractivity contribution < 1.29 is 13.9 Å². The van der Waals surface area contributed by atoms with Crippen molar-refractivity contribution in [3.8, 4) is 0 Å². The quantitative estimate of drug-likeness (QED) is 0.540. The van der Waals surface area contributed by atoms with Crippen LogP contribution in [0.3, 0.4) is 0 Å². The lowest BCUT2D eigenvalue weighted by Gasteiger charge is -2.47. The Labute approximate surface area is 185 Å². The molecular formula is C23H29BrFN3O2. The number of carbonyl (C=O) groups is 1. The fourth-order valence-corrected chi connectivity index (χ4v) is 5.30. The first kappa shape index (κ1) is 21.5. The van der Waals surface area contributed by atoms with Gasteiger partial charge in [-0.15, -0.1) is 0 Å². The standard InChI is InChI=1S/C23H29BrFN3O2/c1-14(29)27-10-9-26-13-17-7-8-18-21(15-5-3-2-4-6-15)28-22-19(23(18)30-17)11-16(24)12-20(22)25/h2-5,11-12,15,17-18,21,23,26,28H,6-10,13H2,1H3,(H,27,29)/t15?,17-,18+,21+,23+/m1/s1. The molecule has 5 nitrogen and oxygen atoms in total. The highest BCUT2D eigenvalue weighted by Crippen LogP contribution is 2.49. The summed E-state index contributed by atoms with van der Waals surface area (Å²) in [5.41, 5.74) is 1.48. The SMILES string of the molecule is CC(=O)NCCNC[C@H]1CC[C@@H]2[C@H](O1)c1cc(Br)cc(F)c1N[C@H]2C1C=CC=CC1. The van der Waals surface area contributed by atoms with Crippen molar-refractivity contribution in [2.24, 2.45) is 11.8 Å². The van der Waals surface area contributed by atoms with E-state index in [0.717, 1.165) is 35.8 Å². The van der Waals surface area contributed by atoms with Crippen LogP contribution in [0.4, 0.5) is 10.1 Å². The van der Waals surface area contributed by atoms with Crippen molar-refractivity contribution in [2.45, 2.75) is 44.4 Å². The van der Waals surface area contributed by atoms with Crippen LogP contribution in [0.2, 0.25) is 0 Å². The van der Waals surface area contributed by atoms with Gasteiger partial charge in [-0.3, -0.25) is 4.79 Å². The number of hydrogen-bond donors (Lipinski definition) is 3. The summed E-state index contributed by atoms with van der Waals surface area (Å²) in [7, 11) is 0. The van der Waals surface area contributed by atoms with E-state index in [1.54, 1.807) is 0 Å². The molecule has 0 spiro atoms. The number of anilines is 1. The normalized spacial score (nSPS) is 29.6. The summed E-state index contributed by atoms with van der Waals surface area (Å²) in [6.45, 7) is 3.54. The zero-order valence-electron chi connectivity index (χ0n) is 17.2. The lowest BCUT2D eigenvalue weighted by Crippen LogP contribution is -2.48. The Bertz CT molecular complexity index is 844. The van der Waals surface area contributed by atoms with E-state index in [1.165, 1.54) is 13.0 Å².